The number of nitrogens with zero attached hydrogens (tertiary/aromatic N) is 6. The van der Waals surface area contributed by atoms with Crippen LogP contribution < -0.4 is 0 Å². The maximum absolute atomic E-state index is 6.29. The van der Waals surface area contributed by atoms with Crippen molar-refractivity contribution < 1.29 is 0 Å². The molecule has 7 heterocycles. The van der Waals surface area contributed by atoms with Gasteiger partial charge in [0.25, 0.3) is 0 Å². The number of benzene rings is 18. The lowest BCUT2D eigenvalue weighted by Gasteiger charge is -2.27. The number of fused-ring (bicyclic) bond motifs is 36. The van der Waals surface area contributed by atoms with Crippen LogP contribution in [0.25, 0.3) is 236 Å². The average Bonchev–Trinajstić information content (AvgIpc) is 0.920. The van der Waals surface area contributed by atoms with Gasteiger partial charge in [0.15, 0.2) is 11.6 Å². The number of hydrogen-bond acceptors (Lipinski definition) is 7. The van der Waals surface area contributed by atoms with Gasteiger partial charge in [0, 0.05) is 105 Å². The third kappa shape index (κ3) is 8.30. The summed E-state index contributed by atoms with van der Waals surface area (Å²) in [5.41, 5.74) is 13.8. The second-order valence-corrected chi connectivity index (χ2v) is 33.9. The molecule has 6 nitrogen and oxygen atoms in total. The third-order valence-corrected chi connectivity index (χ3v) is 28.2. The molecule has 0 fully saturated rings. The van der Waals surface area contributed by atoms with Crippen LogP contribution in [0.3, 0.4) is 0 Å². The second-order valence-electron chi connectivity index (χ2n) is 30.7. The van der Waals surface area contributed by atoms with E-state index in [1.54, 1.807) is 11.3 Å². The molecule has 1 atom stereocenters. The Bertz CT molecular complexity index is 8570. The molecule has 0 aliphatic heterocycles. The van der Waals surface area contributed by atoms with Gasteiger partial charge in [-0.3, -0.25) is 9.13 Å². The maximum atomic E-state index is 6.29. The van der Waals surface area contributed by atoms with Gasteiger partial charge in [0.05, 0.1) is 33.5 Å². The SMILES string of the molecule is CC1(Cc2ccc3c(c2)c2ccccc2c2ccc4c(c23)c2c3ccccc3ccc2n4-c2nc3c(nc2-c2ccc4c(c2)sc2ccccc24)sc2ccccc23)c2ccccc2-c2nc(-n3c4ccc5ccccc5c4c4c5c6ccccc6c6ccccc6c5ccc43)c(-c3ccc4c(c3)sc3ccccc34)nc21. The Morgan fingerprint density at radius 1 is 0.277 bits per heavy atom. The number of thiophene rings is 3. The van der Waals surface area contributed by atoms with Gasteiger partial charge in [-0.2, -0.15) is 0 Å². The van der Waals surface area contributed by atoms with Crippen LogP contribution in [0.2, 0.25) is 0 Å². The van der Waals surface area contributed by atoms with Crippen molar-refractivity contribution in [2.45, 2.75) is 18.8 Å². The van der Waals surface area contributed by atoms with E-state index in [1.807, 2.05) is 22.7 Å². The van der Waals surface area contributed by atoms with Gasteiger partial charge in [-0.05, 0) is 154 Å². The predicted molar refractivity (Wildman–Crippen MR) is 478 cm³/mol. The maximum Gasteiger partial charge on any atom is 0.165 e. The molecule has 1 aliphatic rings. The zero-order valence-electron chi connectivity index (χ0n) is 60.2. The molecule has 0 N–H and O–H groups in total. The first-order valence-electron chi connectivity index (χ1n) is 38.4. The van der Waals surface area contributed by atoms with Crippen LogP contribution in [-0.2, 0) is 11.8 Å². The van der Waals surface area contributed by atoms with Crippen molar-refractivity contribution in [2.75, 3.05) is 0 Å². The Morgan fingerprint density at radius 3 is 1.26 bits per heavy atom. The van der Waals surface area contributed by atoms with Gasteiger partial charge in [0.1, 0.15) is 21.7 Å². The van der Waals surface area contributed by atoms with Crippen molar-refractivity contribution in [3.63, 3.8) is 0 Å². The smallest absolute Gasteiger partial charge is 0.165 e. The summed E-state index contributed by atoms with van der Waals surface area (Å²) in [6.07, 6.45) is 0.666. The fourth-order valence-corrected chi connectivity index (χ4v) is 23.3. The second kappa shape index (κ2) is 22.6. The molecular weight excluding hydrogens is 1420 g/mol. The highest BCUT2D eigenvalue weighted by Crippen LogP contribution is 2.55. The first-order valence-corrected chi connectivity index (χ1v) is 40.8. The van der Waals surface area contributed by atoms with E-state index in [0.717, 1.165) is 88.9 Å². The Balaban J connectivity index is 0.714. The summed E-state index contributed by atoms with van der Waals surface area (Å²) in [6.45, 7) is 2.43. The van der Waals surface area contributed by atoms with E-state index in [4.69, 9.17) is 19.9 Å². The monoisotopic (exact) mass is 1470 g/mol. The van der Waals surface area contributed by atoms with Gasteiger partial charge in [-0.15, -0.1) is 34.0 Å². The van der Waals surface area contributed by atoms with E-state index in [0.29, 0.717) is 6.42 Å². The van der Waals surface area contributed by atoms with Crippen molar-refractivity contribution in [1.82, 2.24) is 29.1 Å². The highest BCUT2D eigenvalue weighted by atomic mass is 32.1. The minimum atomic E-state index is -0.629. The van der Waals surface area contributed by atoms with Gasteiger partial charge >= 0.3 is 0 Å². The molecule has 0 bridgehead atoms. The number of hydrogen-bond donors (Lipinski definition) is 0. The van der Waals surface area contributed by atoms with Crippen molar-refractivity contribution >= 4 is 225 Å². The Morgan fingerprint density at radius 2 is 0.679 bits per heavy atom. The highest BCUT2D eigenvalue weighted by molar-refractivity contribution is 7.26. The molecule has 7 aromatic heterocycles. The zero-order chi connectivity index (χ0) is 72.9. The lowest BCUT2D eigenvalue weighted by Crippen LogP contribution is -2.26. The molecule has 0 amide bonds. The highest BCUT2D eigenvalue weighted by Gasteiger charge is 2.44. The Labute approximate surface area is 651 Å². The first kappa shape index (κ1) is 61.4. The number of rotatable bonds is 6. The normalized spacial score (nSPS) is 14.0. The summed E-state index contributed by atoms with van der Waals surface area (Å²) >= 11 is 5.40. The summed E-state index contributed by atoms with van der Waals surface area (Å²) < 4.78 is 11.1. The van der Waals surface area contributed by atoms with Crippen molar-refractivity contribution in [3.05, 3.63) is 338 Å². The minimum absolute atomic E-state index is 0.629. The predicted octanol–water partition coefficient (Wildman–Crippen LogP) is 28.7. The molecule has 0 radical (unpaired) electrons. The molecular formula is C103H58N6S3. The zero-order valence-corrected chi connectivity index (χ0v) is 62.7. The summed E-state index contributed by atoms with van der Waals surface area (Å²) in [6, 6.07) is 120. The van der Waals surface area contributed by atoms with E-state index in [2.05, 4.69) is 338 Å². The van der Waals surface area contributed by atoms with Gasteiger partial charge in [0.2, 0.25) is 0 Å². The van der Waals surface area contributed by atoms with Crippen molar-refractivity contribution in [1.29, 1.82) is 0 Å². The third-order valence-electron chi connectivity index (χ3n) is 24.9. The fraction of sp³-hybridized carbons (Fsp3) is 0.0291. The molecule has 112 heavy (non-hydrogen) atoms. The molecule has 0 saturated heterocycles. The molecule has 18 aromatic carbocycles. The topological polar surface area (TPSA) is 61.4 Å². The van der Waals surface area contributed by atoms with Gasteiger partial charge < -0.3 is 0 Å². The van der Waals surface area contributed by atoms with E-state index in [-0.39, 0.29) is 0 Å². The van der Waals surface area contributed by atoms with Crippen LogP contribution in [0.4, 0.5) is 0 Å². The summed E-state index contributed by atoms with van der Waals surface area (Å²) in [5, 5.41) is 30.4. The standard InChI is InChI=1S/C103H58N6S3/c1-103(79-34-16-12-32-76(79)97-99(103)104-95(59-39-44-70-68-29-13-17-35-84(68)110-87(70)53-59)100(105-97)108-80-48-41-57-20-2-4-22-61(57)91(80)93-82(108)50-46-73-65-26-7-6-24-63(65)64-25-10-11-31-72(64)89(73)93)55-56-38-43-75-78(52-56)67-28-9-8-27-66(67)74-47-51-83-94(90(74)75)92-62-23-5-3-21-58(62)42-49-81(92)109(83)101-96(107-102-98(106-101)77-33-15-19-37-86(77)112-102)60-40-45-71-69-30-14-18-36-85(69)111-88(71)54-60/h2-54H,55H2,1H3. The van der Waals surface area contributed by atoms with Crippen LogP contribution in [0.5, 0.6) is 0 Å². The summed E-state index contributed by atoms with van der Waals surface area (Å²) in [4.78, 5) is 25.1. The molecule has 0 spiro atoms. The average molecular weight is 1480 g/mol. The summed E-state index contributed by atoms with van der Waals surface area (Å²) in [7, 11) is 0. The van der Waals surface area contributed by atoms with Gasteiger partial charge in [-0.1, -0.05) is 267 Å². The minimum Gasteiger partial charge on any atom is -0.292 e. The lowest BCUT2D eigenvalue weighted by atomic mass is 9.77. The van der Waals surface area contributed by atoms with E-state index < -0.39 is 5.41 Å². The Kier molecular flexibility index (Phi) is 12.4. The van der Waals surface area contributed by atoms with E-state index in [9.17, 15) is 0 Å². The lowest BCUT2D eigenvalue weighted by molar-refractivity contribution is 0.564. The van der Waals surface area contributed by atoms with Crippen LogP contribution in [0, 0.1) is 0 Å². The number of aromatic nitrogens is 6. The van der Waals surface area contributed by atoms with E-state index >= 15 is 0 Å². The Hall–Kier alpha value is -13.5. The quantitative estimate of drug-likeness (QED) is 0.156. The molecule has 26 rings (SSSR count). The van der Waals surface area contributed by atoms with E-state index in [1.165, 1.54) is 164 Å². The molecule has 9 heteroatoms. The van der Waals surface area contributed by atoms with Crippen LogP contribution in [0.1, 0.15) is 23.7 Å². The molecule has 1 unspecified atom stereocenters. The van der Waals surface area contributed by atoms with Crippen molar-refractivity contribution in [2.24, 2.45) is 0 Å². The first-order chi connectivity index (χ1) is 55.4. The molecule has 1 aliphatic carbocycles. The fourth-order valence-electron chi connectivity index (χ4n) is 20.0. The van der Waals surface area contributed by atoms with Crippen LogP contribution >= 0.6 is 34.0 Å². The largest absolute Gasteiger partial charge is 0.292 e. The van der Waals surface area contributed by atoms with Crippen LogP contribution in [0.15, 0.2) is 322 Å². The van der Waals surface area contributed by atoms with Gasteiger partial charge in [-0.25, -0.2) is 19.9 Å². The summed E-state index contributed by atoms with van der Waals surface area (Å²) in [5.74, 6) is 1.61. The van der Waals surface area contributed by atoms with Crippen molar-refractivity contribution in [3.8, 4) is 45.4 Å². The molecule has 25 aromatic rings. The molecule has 518 valence electrons. The molecule has 0 saturated carbocycles. The van der Waals surface area contributed by atoms with Crippen LogP contribution in [-0.4, -0.2) is 29.1 Å².